The molecule has 0 radical (unpaired) electrons. The number of methoxy groups -OCH3 is 1. The second kappa shape index (κ2) is 8.01. The van der Waals surface area contributed by atoms with Gasteiger partial charge in [0.25, 0.3) is 5.56 Å². The van der Waals surface area contributed by atoms with E-state index in [0.717, 1.165) is 31.4 Å². The van der Waals surface area contributed by atoms with Crippen molar-refractivity contribution in [2.45, 2.75) is 26.1 Å². The van der Waals surface area contributed by atoms with Crippen molar-refractivity contribution in [1.29, 1.82) is 0 Å². The predicted octanol–water partition coefficient (Wildman–Crippen LogP) is 4.33. The molecule has 3 rings (SSSR count). The minimum atomic E-state index is -4.76. The lowest BCUT2D eigenvalue weighted by Gasteiger charge is -2.21. The molecule has 0 bridgehead atoms. The molecule has 1 heterocycles. The molecule has 2 aromatic carbocycles. The maximum absolute atomic E-state index is 14.4. The van der Waals surface area contributed by atoms with Gasteiger partial charge in [-0.15, -0.1) is 0 Å². The molecule has 1 aromatic heterocycles. The molecule has 0 amide bonds. The van der Waals surface area contributed by atoms with E-state index >= 15 is 0 Å². The number of rotatable bonds is 4. The molecule has 10 heteroatoms. The standard InChI is InChI=1S/C21H18F4N2O4/c1-10(31-18-6-5-12(7-16(18)22)20(29)30-4)13-8-14-17(9-15(13)21(23,24)25)26-11(2)27(3)19(14)28/h5-10H,1-4H3/t10-/m0/s1. The first-order valence-electron chi connectivity index (χ1n) is 9.07. The summed E-state index contributed by atoms with van der Waals surface area (Å²) < 4.78 is 66.7. The van der Waals surface area contributed by atoms with Crippen LogP contribution in [-0.2, 0) is 18.0 Å². The van der Waals surface area contributed by atoms with Gasteiger partial charge in [0.05, 0.1) is 29.1 Å². The van der Waals surface area contributed by atoms with Crippen molar-refractivity contribution in [2.75, 3.05) is 7.11 Å². The van der Waals surface area contributed by atoms with Crippen molar-refractivity contribution in [3.05, 3.63) is 69.0 Å². The average Bonchev–Trinajstić information content (AvgIpc) is 2.71. The molecule has 0 N–H and O–H groups in total. The van der Waals surface area contributed by atoms with E-state index in [-0.39, 0.29) is 33.6 Å². The van der Waals surface area contributed by atoms with E-state index in [1.807, 2.05) is 0 Å². The maximum atomic E-state index is 14.4. The molecule has 164 valence electrons. The summed E-state index contributed by atoms with van der Waals surface area (Å²) in [5.74, 6) is -1.82. The van der Waals surface area contributed by atoms with Crippen LogP contribution in [0, 0.1) is 12.7 Å². The van der Waals surface area contributed by atoms with Crippen LogP contribution in [0.25, 0.3) is 10.9 Å². The van der Waals surface area contributed by atoms with Gasteiger partial charge in [-0.1, -0.05) is 0 Å². The molecule has 0 saturated heterocycles. The first-order chi connectivity index (χ1) is 14.4. The Labute approximate surface area is 174 Å². The van der Waals surface area contributed by atoms with Crippen LogP contribution in [0.2, 0.25) is 0 Å². The highest BCUT2D eigenvalue weighted by Gasteiger charge is 2.36. The van der Waals surface area contributed by atoms with Gasteiger partial charge in [-0.05, 0) is 44.2 Å². The number of fused-ring (bicyclic) bond motifs is 1. The average molecular weight is 438 g/mol. The quantitative estimate of drug-likeness (QED) is 0.448. The third kappa shape index (κ3) is 4.23. The van der Waals surface area contributed by atoms with Gasteiger partial charge in [-0.25, -0.2) is 14.2 Å². The fraction of sp³-hybridized carbons (Fsp3) is 0.286. The van der Waals surface area contributed by atoms with Gasteiger partial charge < -0.3 is 9.47 Å². The molecule has 0 aliphatic heterocycles. The molecule has 0 saturated carbocycles. The molecule has 0 spiro atoms. The Balaban J connectivity index is 2.10. The second-order valence-electron chi connectivity index (χ2n) is 6.87. The Bertz CT molecular complexity index is 1230. The number of benzene rings is 2. The summed E-state index contributed by atoms with van der Waals surface area (Å²) >= 11 is 0. The number of alkyl halides is 3. The Morgan fingerprint density at radius 3 is 2.45 bits per heavy atom. The zero-order valence-electron chi connectivity index (χ0n) is 17.0. The zero-order valence-corrected chi connectivity index (χ0v) is 17.0. The first-order valence-corrected chi connectivity index (χ1v) is 9.07. The minimum Gasteiger partial charge on any atom is -0.483 e. The Morgan fingerprint density at radius 2 is 1.87 bits per heavy atom. The second-order valence-corrected chi connectivity index (χ2v) is 6.87. The number of hydrogen-bond donors (Lipinski definition) is 0. The van der Waals surface area contributed by atoms with Crippen molar-refractivity contribution in [2.24, 2.45) is 7.05 Å². The van der Waals surface area contributed by atoms with Crippen LogP contribution in [0.4, 0.5) is 17.6 Å². The van der Waals surface area contributed by atoms with Crippen molar-refractivity contribution >= 4 is 16.9 Å². The van der Waals surface area contributed by atoms with Gasteiger partial charge in [-0.3, -0.25) is 9.36 Å². The molecule has 3 aromatic rings. The molecular formula is C21H18F4N2O4. The lowest BCUT2D eigenvalue weighted by Crippen LogP contribution is -2.22. The van der Waals surface area contributed by atoms with Gasteiger partial charge in [-0.2, -0.15) is 13.2 Å². The van der Waals surface area contributed by atoms with E-state index in [0.29, 0.717) is 0 Å². The highest BCUT2D eigenvalue weighted by Crippen LogP contribution is 2.38. The molecule has 31 heavy (non-hydrogen) atoms. The van der Waals surface area contributed by atoms with Crippen molar-refractivity contribution in [3.8, 4) is 5.75 Å². The van der Waals surface area contributed by atoms with E-state index in [1.165, 1.54) is 31.5 Å². The van der Waals surface area contributed by atoms with Gasteiger partial charge in [0.15, 0.2) is 11.6 Å². The highest BCUT2D eigenvalue weighted by molar-refractivity contribution is 5.89. The van der Waals surface area contributed by atoms with E-state index in [9.17, 15) is 27.2 Å². The zero-order chi connectivity index (χ0) is 23.1. The molecule has 0 unspecified atom stereocenters. The van der Waals surface area contributed by atoms with Crippen LogP contribution in [0.3, 0.4) is 0 Å². The van der Waals surface area contributed by atoms with E-state index in [4.69, 9.17) is 4.74 Å². The van der Waals surface area contributed by atoms with Crippen molar-refractivity contribution in [3.63, 3.8) is 0 Å². The summed E-state index contributed by atoms with van der Waals surface area (Å²) in [6.45, 7) is 2.81. The van der Waals surface area contributed by atoms with Crippen LogP contribution in [0.5, 0.6) is 5.75 Å². The number of carbonyl (C=O) groups excluding carboxylic acids is 1. The van der Waals surface area contributed by atoms with Crippen LogP contribution in [0.15, 0.2) is 35.1 Å². The fourth-order valence-electron chi connectivity index (χ4n) is 3.12. The monoisotopic (exact) mass is 438 g/mol. The molecule has 1 atom stereocenters. The maximum Gasteiger partial charge on any atom is 0.416 e. The van der Waals surface area contributed by atoms with Crippen molar-refractivity contribution in [1.82, 2.24) is 9.55 Å². The first kappa shape index (κ1) is 22.3. The van der Waals surface area contributed by atoms with Crippen LogP contribution < -0.4 is 10.3 Å². The number of nitrogens with zero attached hydrogens (tertiary/aromatic N) is 2. The number of aryl methyl sites for hydroxylation is 1. The third-order valence-electron chi connectivity index (χ3n) is 4.87. The Morgan fingerprint density at radius 1 is 1.19 bits per heavy atom. The van der Waals surface area contributed by atoms with Gasteiger partial charge >= 0.3 is 12.1 Å². The van der Waals surface area contributed by atoms with E-state index in [1.54, 1.807) is 0 Å². The lowest BCUT2D eigenvalue weighted by molar-refractivity contribution is -0.138. The number of aromatic nitrogens is 2. The summed E-state index contributed by atoms with van der Waals surface area (Å²) in [7, 11) is 2.59. The van der Waals surface area contributed by atoms with Crippen LogP contribution >= 0.6 is 0 Å². The number of hydrogen-bond acceptors (Lipinski definition) is 5. The molecule has 0 aliphatic rings. The number of halogens is 4. The van der Waals surface area contributed by atoms with Crippen LogP contribution in [0.1, 0.15) is 40.3 Å². The van der Waals surface area contributed by atoms with Crippen LogP contribution in [-0.4, -0.2) is 22.6 Å². The number of esters is 1. The van der Waals surface area contributed by atoms with Gasteiger partial charge in [0, 0.05) is 12.6 Å². The third-order valence-corrected chi connectivity index (χ3v) is 4.87. The summed E-state index contributed by atoms with van der Waals surface area (Å²) in [5, 5.41) is -0.0203. The largest absolute Gasteiger partial charge is 0.483 e. The molecule has 0 fully saturated rings. The Hall–Kier alpha value is -3.43. The highest BCUT2D eigenvalue weighted by atomic mass is 19.4. The summed E-state index contributed by atoms with van der Waals surface area (Å²) in [6, 6.07) is 5.07. The fourth-order valence-corrected chi connectivity index (χ4v) is 3.12. The SMILES string of the molecule is COC(=O)c1ccc(O[C@@H](C)c2cc3c(=O)n(C)c(C)nc3cc2C(F)(F)F)c(F)c1. The summed E-state index contributed by atoms with van der Waals surface area (Å²) in [4.78, 5) is 28.1. The number of carbonyl (C=O) groups is 1. The van der Waals surface area contributed by atoms with E-state index < -0.39 is 35.2 Å². The Kier molecular flexibility index (Phi) is 5.75. The topological polar surface area (TPSA) is 70.4 Å². The van der Waals surface area contributed by atoms with Gasteiger partial charge in [0.2, 0.25) is 0 Å². The summed E-state index contributed by atoms with van der Waals surface area (Å²) in [6.07, 6.45) is -6.03. The lowest BCUT2D eigenvalue weighted by atomic mass is 9.99. The minimum absolute atomic E-state index is 0.0203. The molecule has 0 aliphatic carbocycles. The number of ether oxygens (including phenoxy) is 2. The smallest absolute Gasteiger partial charge is 0.416 e. The van der Waals surface area contributed by atoms with Gasteiger partial charge in [0.1, 0.15) is 11.9 Å². The normalized spacial score (nSPS) is 12.6. The molecule has 6 nitrogen and oxygen atoms in total. The molecular weight excluding hydrogens is 420 g/mol. The summed E-state index contributed by atoms with van der Waals surface area (Å²) in [5.41, 5.74) is -2.08. The predicted molar refractivity (Wildman–Crippen MR) is 104 cm³/mol. The van der Waals surface area contributed by atoms with Crippen molar-refractivity contribution < 1.29 is 31.8 Å². The van der Waals surface area contributed by atoms with E-state index in [2.05, 4.69) is 9.72 Å².